The molecule has 0 aliphatic heterocycles. The van der Waals surface area contributed by atoms with Crippen LogP contribution in [-0.2, 0) is 20.7 Å². The van der Waals surface area contributed by atoms with Crippen LogP contribution in [0.5, 0.6) is 0 Å². The Hall–Kier alpha value is -2.83. The second-order valence-corrected chi connectivity index (χ2v) is 5.50. The number of esters is 1. The Morgan fingerprint density at radius 3 is 2.48 bits per heavy atom. The highest BCUT2D eigenvalue weighted by molar-refractivity contribution is 5.87. The molecule has 3 N–H and O–H groups in total. The van der Waals surface area contributed by atoms with Crippen molar-refractivity contribution in [3.05, 3.63) is 42.2 Å². The number of carbonyl (C=O) groups excluding carboxylic acids is 2. The first-order valence-corrected chi connectivity index (χ1v) is 7.11. The van der Waals surface area contributed by atoms with Gasteiger partial charge in [-0.25, -0.2) is 9.78 Å². The fourth-order valence-electron chi connectivity index (χ4n) is 2.50. The average Bonchev–Trinajstić information content (AvgIpc) is 2.92. The number of imidazole rings is 1. The van der Waals surface area contributed by atoms with Crippen LogP contribution in [0.25, 0.3) is 5.69 Å². The summed E-state index contributed by atoms with van der Waals surface area (Å²) in [7, 11) is 1.30. The first kappa shape index (κ1) is 16.5. The Labute approximate surface area is 134 Å². The lowest BCUT2D eigenvalue weighted by atomic mass is 9.92. The molecule has 0 fully saturated rings. The summed E-state index contributed by atoms with van der Waals surface area (Å²) in [5.41, 5.74) is 6.40. The van der Waals surface area contributed by atoms with E-state index in [1.165, 1.54) is 14.0 Å². The van der Waals surface area contributed by atoms with Gasteiger partial charge >= 0.3 is 5.97 Å². The molecule has 2 rings (SSSR count). The van der Waals surface area contributed by atoms with Gasteiger partial charge in [-0.2, -0.15) is 0 Å². The fourth-order valence-corrected chi connectivity index (χ4v) is 2.50. The molecule has 1 aromatic heterocycles. The van der Waals surface area contributed by atoms with Gasteiger partial charge < -0.3 is 15.8 Å². The van der Waals surface area contributed by atoms with E-state index in [1.807, 2.05) is 24.3 Å². The number of nitrogens with one attached hydrogen (secondary N) is 1. The molecule has 0 radical (unpaired) electrons. The minimum absolute atomic E-state index is 0.291. The number of benzene rings is 1. The van der Waals surface area contributed by atoms with Crippen molar-refractivity contribution in [1.82, 2.24) is 14.9 Å². The molecule has 2 aromatic rings. The third-order valence-corrected chi connectivity index (χ3v) is 3.53. The van der Waals surface area contributed by atoms with Gasteiger partial charge in [-0.3, -0.25) is 9.36 Å². The maximum absolute atomic E-state index is 12.0. The van der Waals surface area contributed by atoms with Crippen LogP contribution in [0.4, 0.5) is 5.95 Å². The molecule has 0 saturated carbocycles. The van der Waals surface area contributed by atoms with E-state index in [2.05, 4.69) is 10.3 Å². The number of amides is 1. The number of anilines is 1. The van der Waals surface area contributed by atoms with Crippen molar-refractivity contribution in [2.24, 2.45) is 0 Å². The topological polar surface area (TPSA) is 99.2 Å². The first-order chi connectivity index (χ1) is 10.9. The van der Waals surface area contributed by atoms with E-state index in [0.29, 0.717) is 12.4 Å². The summed E-state index contributed by atoms with van der Waals surface area (Å²) < 4.78 is 6.55. The molecule has 1 heterocycles. The largest absolute Gasteiger partial charge is 0.467 e. The predicted octanol–water partition coefficient (Wildman–Crippen LogP) is 1.06. The highest BCUT2D eigenvalue weighted by Gasteiger charge is 2.35. The normalized spacial score (nSPS) is 13.2. The number of nitrogen functional groups attached to an aromatic ring is 1. The summed E-state index contributed by atoms with van der Waals surface area (Å²) >= 11 is 0. The standard InChI is InChI=1S/C16H20N4O3/c1-11(21)19-16(2,14(22)23-3)10-12-4-6-13(7-5-12)20-9-8-18-15(20)17/h4-9H,10H2,1-3H3,(H2,17,18)(H,19,21)/t16-/m1/s1. The molecular weight excluding hydrogens is 296 g/mol. The lowest BCUT2D eigenvalue weighted by molar-refractivity contribution is -0.149. The number of rotatable bonds is 5. The van der Waals surface area contributed by atoms with E-state index in [9.17, 15) is 9.59 Å². The smallest absolute Gasteiger partial charge is 0.331 e. The Morgan fingerprint density at radius 1 is 1.35 bits per heavy atom. The van der Waals surface area contributed by atoms with Crippen LogP contribution in [0, 0.1) is 0 Å². The van der Waals surface area contributed by atoms with Crippen LogP contribution in [0.3, 0.4) is 0 Å². The van der Waals surface area contributed by atoms with Crippen molar-refractivity contribution in [3.63, 3.8) is 0 Å². The number of hydrogen-bond acceptors (Lipinski definition) is 5. The Bertz CT molecular complexity index is 708. The molecule has 0 aliphatic rings. The van der Waals surface area contributed by atoms with Crippen molar-refractivity contribution in [2.45, 2.75) is 25.8 Å². The van der Waals surface area contributed by atoms with Crippen molar-refractivity contribution in [3.8, 4) is 5.69 Å². The molecule has 0 spiro atoms. The first-order valence-electron chi connectivity index (χ1n) is 7.11. The number of ether oxygens (including phenoxy) is 1. The van der Waals surface area contributed by atoms with E-state index in [-0.39, 0.29) is 5.91 Å². The van der Waals surface area contributed by atoms with Crippen molar-refractivity contribution < 1.29 is 14.3 Å². The molecule has 23 heavy (non-hydrogen) atoms. The third-order valence-electron chi connectivity index (χ3n) is 3.53. The predicted molar refractivity (Wildman–Crippen MR) is 85.9 cm³/mol. The van der Waals surface area contributed by atoms with E-state index in [4.69, 9.17) is 10.5 Å². The molecule has 0 aliphatic carbocycles. The van der Waals surface area contributed by atoms with Gasteiger partial charge in [-0.15, -0.1) is 0 Å². The van der Waals surface area contributed by atoms with Crippen molar-refractivity contribution in [2.75, 3.05) is 12.8 Å². The average molecular weight is 316 g/mol. The lowest BCUT2D eigenvalue weighted by Gasteiger charge is -2.27. The number of nitrogens with zero attached hydrogens (tertiary/aromatic N) is 2. The van der Waals surface area contributed by atoms with Gasteiger partial charge in [0.1, 0.15) is 5.54 Å². The monoisotopic (exact) mass is 316 g/mol. The van der Waals surface area contributed by atoms with E-state index in [1.54, 1.807) is 23.9 Å². The maximum Gasteiger partial charge on any atom is 0.331 e. The molecule has 1 aromatic carbocycles. The second kappa shape index (κ2) is 6.51. The zero-order valence-corrected chi connectivity index (χ0v) is 13.4. The number of hydrogen-bond donors (Lipinski definition) is 2. The highest BCUT2D eigenvalue weighted by atomic mass is 16.5. The fraction of sp³-hybridized carbons (Fsp3) is 0.312. The van der Waals surface area contributed by atoms with Crippen LogP contribution >= 0.6 is 0 Å². The quantitative estimate of drug-likeness (QED) is 0.804. The van der Waals surface area contributed by atoms with Crippen LogP contribution in [0.15, 0.2) is 36.7 Å². The van der Waals surface area contributed by atoms with E-state index in [0.717, 1.165) is 11.3 Å². The molecule has 7 nitrogen and oxygen atoms in total. The molecule has 0 saturated heterocycles. The minimum Gasteiger partial charge on any atom is -0.467 e. The Kier molecular flexibility index (Phi) is 4.68. The van der Waals surface area contributed by atoms with E-state index < -0.39 is 11.5 Å². The second-order valence-electron chi connectivity index (χ2n) is 5.50. The number of nitrogens with two attached hydrogens (primary N) is 1. The summed E-state index contributed by atoms with van der Waals surface area (Å²) in [5.74, 6) is -0.383. The molecule has 122 valence electrons. The molecular formula is C16H20N4O3. The lowest BCUT2D eigenvalue weighted by Crippen LogP contribution is -2.53. The van der Waals surface area contributed by atoms with Crippen molar-refractivity contribution in [1.29, 1.82) is 0 Å². The van der Waals surface area contributed by atoms with Gasteiger partial charge in [-0.05, 0) is 24.6 Å². The van der Waals surface area contributed by atoms with E-state index >= 15 is 0 Å². The number of methoxy groups -OCH3 is 1. The van der Waals surface area contributed by atoms with Gasteiger partial charge in [0.15, 0.2) is 0 Å². The van der Waals surface area contributed by atoms with Gasteiger partial charge in [0.05, 0.1) is 7.11 Å². The molecule has 1 amide bonds. The van der Waals surface area contributed by atoms with Gasteiger partial charge in [-0.1, -0.05) is 12.1 Å². The number of carbonyl (C=O) groups is 2. The summed E-state index contributed by atoms with van der Waals surface area (Å²) in [6.07, 6.45) is 3.70. The van der Waals surface area contributed by atoms with Gasteiger partial charge in [0.25, 0.3) is 0 Å². The summed E-state index contributed by atoms with van der Waals surface area (Å²) in [4.78, 5) is 27.4. The zero-order valence-electron chi connectivity index (χ0n) is 13.4. The molecule has 0 unspecified atom stereocenters. The molecule has 0 bridgehead atoms. The Balaban J connectivity index is 2.23. The van der Waals surface area contributed by atoms with Crippen molar-refractivity contribution >= 4 is 17.8 Å². The molecule has 1 atom stereocenters. The van der Waals surface area contributed by atoms with Crippen LogP contribution < -0.4 is 11.1 Å². The minimum atomic E-state index is -1.11. The summed E-state index contributed by atoms with van der Waals surface area (Å²) in [5, 5.41) is 2.66. The Morgan fingerprint density at radius 2 is 2.00 bits per heavy atom. The summed E-state index contributed by atoms with van der Waals surface area (Å²) in [6, 6.07) is 7.49. The van der Waals surface area contributed by atoms with Crippen LogP contribution in [0.2, 0.25) is 0 Å². The maximum atomic E-state index is 12.0. The van der Waals surface area contributed by atoms with Gasteiger partial charge in [0.2, 0.25) is 11.9 Å². The third kappa shape index (κ3) is 3.68. The van der Waals surface area contributed by atoms with Crippen LogP contribution in [-0.4, -0.2) is 34.1 Å². The zero-order chi connectivity index (χ0) is 17.0. The highest BCUT2D eigenvalue weighted by Crippen LogP contribution is 2.18. The van der Waals surface area contributed by atoms with Gasteiger partial charge in [0, 0.05) is 31.4 Å². The number of aromatic nitrogens is 2. The SMILES string of the molecule is COC(=O)[C@@](C)(Cc1ccc(-n2ccnc2N)cc1)NC(C)=O. The van der Waals surface area contributed by atoms with Crippen LogP contribution in [0.1, 0.15) is 19.4 Å². The molecule has 7 heteroatoms. The summed E-state index contributed by atoms with van der Waals surface area (Å²) in [6.45, 7) is 3.01.